The molecule has 0 atom stereocenters. The monoisotopic (exact) mass is 346 g/mol. The van der Waals surface area contributed by atoms with Gasteiger partial charge in [-0.25, -0.2) is 8.78 Å². The zero-order valence-electron chi connectivity index (χ0n) is 14.4. The van der Waals surface area contributed by atoms with Crippen molar-refractivity contribution in [2.24, 2.45) is 0 Å². The number of halogens is 2. The number of amides is 2. The van der Waals surface area contributed by atoms with Crippen LogP contribution in [0, 0.1) is 25.5 Å². The maximum atomic E-state index is 13.2. The Morgan fingerprint density at radius 2 is 1.68 bits per heavy atom. The van der Waals surface area contributed by atoms with Crippen LogP contribution >= 0.6 is 0 Å². The van der Waals surface area contributed by atoms with Crippen molar-refractivity contribution in [2.45, 2.75) is 20.8 Å². The van der Waals surface area contributed by atoms with Crippen molar-refractivity contribution in [1.82, 2.24) is 5.32 Å². The van der Waals surface area contributed by atoms with Gasteiger partial charge in [0.15, 0.2) is 11.6 Å². The first kappa shape index (κ1) is 18.6. The van der Waals surface area contributed by atoms with E-state index in [9.17, 15) is 18.4 Å². The van der Waals surface area contributed by atoms with Crippen LogP contribution in [0.4, 0.5) is 14.5 Å². The number of aryl methyl sites for hydroxylation is 2. The van der Waals surface area contributed by atoms with Gasteiger partial charge in [0.05, 0.1) is 0 Å². The molecule has 0 heterocycles. The van der Waals surface area contributed by atoms with E-state index in [0.29, 0.717) is 0 Å². The van der Waals surface area contributed by atoms with Crippen LogP contribution in [0.15, 0.2) is 36.4 Å². The third kappa shape index (κ3) is 4.41. The molecule has 4 nitrogen and oxygen atoms in total. The van der Waals surface area contributed by atoms with Gasteiger partial charge in [-0.05, 0) is 43.2 Å². The number of carbonyl (C=O) groups is 2. The summed E-state index contributed by atoms with van der Waals surface area (Å²) in [5, 5.41) is 2.62. The second-order valence-electron chi connectivity index (χ2n) is 5.80. The second kappa shape index (κ2) is 7.88. The molecule has 2 aromatic carbocycles. The maximum absolute atomic E-state index is 13.2. The van der Waals surface area contributed by atoms with Crippen molar-refractivity contribution in [3.8, 4) is 0 Å². The summed E-state index contributed by atoms with van der Waals surface area (Å²) in [7, 11) is 0. The molecule has 1 N–H and O–H groups in total. The van der Waals surface area contributed by atoms with Crippen molar-refractivity contribution in [1.29, 1.82) is 0 Å². The average molecular weight is 346 g/mol. The van der Waals surface area contributed by atoms with E-state index >= 15 is 0 Å². The highest BCUT2D eigenvalue weighted by Crippen LogP contribution is 2.24. The third-order valence-electron chi connectivity index (χ3n) is 3.89. The Labute approximate surface area is 145 Å². The molecule has 0 bridgehead atoms. The number of anilines is 1. The zero-order valence-corrected chi connectivity index (χ0v) is 14.4. The molecular formula is C19H20F2N2O2. The Kier molecular flexibility index (Phi) is 5.85. The van der Waals surface area contributed by atoms with Crippen LogP contribution in [0.25, 0.3) is 0 Å². The molecule has 0 aliphatic rings. The molecular weight excluding hydrogens is 326 g/mol. The first-order valence-corrected chi connectivity index (χ1v) is 7.89. The van der Waals surface area contributed by atoms with Gasteiger partial charge in [-0.1, -0.05) is 18.2 Å². The molecule has 2 aromatic rings. The van der Waals surface area contributed by atoms with Gasteiger partial charge in [0.25, 0.3) is 5.91 Å². The number of hydrogen-bond donors (Lipinski definition) is 1. The quantitative estimate of drug-likeness (QED) is 0.902. The van der Waals surface area contributed by atoms with E-state index in [1.165, 1.54) is 13.0 Å². The van der Waals surface area contributed by atoms with Crippen LogP contribution in [-0.2, 0) is 4.79 Å². The molecule has 2 rings (SSSR count). The number of hydrogen-bond acceptors (Lipinski definition) is 2. The molecule has 0 spiro atoms. The molecule has 0 saturated heterocycles. The van der Waals surface area contributed by atoms with E-state index in [-0.39, 0.29) is 24.6 Å². The van der Waals surface area contributed by atoms with Crippen molar-refractivity contribution in [3.63, 3.8) is 0 Å². The fourth-order valence-corrected chi connectivity index (χ4v) is 2.68. The first-order valence-electron chi connectivity index (χ1n) is 7.89. The highest BCUT2D eigenvalue weighted by Gasteiger charge is 2.16. The normalized spacial score (nSPS) is 10.4. The third-order valence-corrected chi connectivity index (χ3v) is 3.89. The molecule has 0 saturated carbocycles. The van der Waals surface area contributed by atoms with Crippen molar-refractivity contribution in [3.05, 3.63) is 64.7 Å². The molecule has 0 aromatic heterocycles. The van der Waals surface area contributed by atoms with Gasteiger partial charge in [-0.3, -0.25) is 9.59 Å². The number of carbonyl (C=O) groups excluding carboxylic acids is 2. The Hall–Kier alpha value is -2.76. The second-order valence-corrected chi connectivity index (χ2v) is 5.80. The van der Waals surface area contributed by atoms with Crippen LogP contribution < -0.4 is 10.2 Å². The summed E-state index contributed by atoms with van der Waals surface area (Å²) in [5.74, 6) is -2.74. The molecule has 25 heavy (non-hydrogen) atoms. The van der Waals surface area contributed by atoms with E-state index in [1.54, 1.807) is 4.90 Å². The number of benzene rings is 2. The summed E-state index contributed by atoms with van der Waals surface area (Å²) in [6, 6.07) is 8.71. The summed E-state index contributed by atoms with van der Waals surface area (Å²) in [6.45, 7) is 5.75. The first-order chi connectivity index (χ1) is 11.8. The van der Waals surface area contributed by atoms with Gasteiger partial charge < -0.3 is 10.2 Å². The molecule has 0 radical (unpaired) electrons. The van der Waals surface area contributed by atoms with E-state index in [0.717, 1.165) is 28.9 Å². The lowest BCUT2D eigenvalue weighted by Crippen LogP contribution is -2.38. The fourth-order valence-electron chi connectivity index (χ4n) is 2.68. The van der Waals surface area contributed by atoms with E-state index in [4.69, 9.17) is 0 Å². The standard InChI is InChI=1S/C19H20F2N2O2/c1-12-5-4-6-13(2)18(12)23(14(3)24)10-9-22-19(25)15-7-8-16(20)17(21)11-15/h4-8,11H,9-10H2,1-3H3,(H,22,25). The summed E-state index contributed by atoms with van der Waals surface area (Å²) in [5.41, 5.74) is 2.77. The topological polar surface area (TPSA) is 49.4 Å². The lowest BCUT2D eigenvalue weighted by Gasteiger charge is -2.25. The lowest BCUT2D eigenvalue weighted by molar-refractivity contribution is -0.116. The Bertz CT molecular complexity index is 786. The minimum absolute atomic E-state index is 0.0281. The molecule has 0 unspecified atom stereocenters. The predicted molar refractivity (Wildman–Crippen MR) is 92.6 cm³/mol. The minimum atomic E-state index is -1.08. The largest absolute Gasteiger partial charge is 0.350 e. The number of para-hydroxylation sites is 1. The number of nitrogens with one attached hydrogen (secondary N) is 1. The van der Waals surface area contributed by atoms with Crippen LogP contribution in [0.5, 0.6) is 0 Å². The van der Waals surface area contributed by atoms with E-state index < -0.39 is 17.5 Å². The van der Waals surface area contributed by atoms with E-state index in [1.807, 2.05) is 32.0 Å². The van der Waals surface area contributed by atoms with Gasteiger partial charge in [-0.2, -0.15) is 0 Å². The fraction of sp³-hybridized carbons (Fsp3) is 0.263. The highest BCUT2D eigenvalue weighted by atomic mass is 19.2. The minimum Gasteiger partial charge on any atom is -0.350 e. The van der Waals surface area contributed by atoms with Crippen molar-refractivity contribution in [2.75, 3.05) is 18.0 Å². The Morgan fingerprint density at radius 1 is 1.04 bits per heavy atom. The zero-order chi connectivity index (χ0) is 18.6. The van der Waals surface area contributed by atoms with Crippen LogP contribution in [0.3, 0.4) is 0 Å². The smallest absolute Gasteiger partial charge is 0.251 e. The lowest BCUT2D eigenvalue weighted by atomic mass is 10.1. The highest BCUT2D eigenvalue weighted by molar-refractivity contribution is 5.95. The maximum Gasteiger partial charge on any atom is 0.251 e. The van der Waals surface area contributed by atoms with Crippen LogP contribution in [0.2, 0.25) is 0 Å². The molecule has 0 aliphatic carbocycles. The average Bonchev–Trinajstić information content (AvgIpc) is 2.55. The summed E-state index contributed by atoms with van der Waals surface area (Å²) in [4.78, 5) is 25.6. The van der Waals surface area contributed by atoms with Gasteiger partial charge in [-0.15, -0.1) is 0 Å². The molecule has 0 fully saturated rings. The van der Waals surface area contributed by atoms with Crippen molar-refractivity contribution >= 4 is 17.5 Å². The Balaban J connectivity index is 2.06. The number of rotatable bonds is 5. The molecule has 0 aliphatic heterocycles. The van der Waals surface area contributed by atoms with E-state index in [2.05, 4.69) is 5.32 Å². The van der Waals surface area contributed by atoms with Gasteiger partial charge in [0.1, 0.15) is 0 Å². The molecule has 6 heteroatoms. The molecule has 132 valence electrons. The van der Waals surface area contributed by atoms with Gasteiger partial charge >= 0.3 is 0 Å². The predicted octanol–water partition coefficient (Wildman–Crippen LogP) is 3.36. The Morgan fingerprint density at radius 3 is 2.24 bits per heavy atom. The number of nitrogens with zero attached hydrogens (tertiary/aromatic N) is 1. The summed E-state index contributed by atoms with van der Waals surface area (Å²) < 4.78 is 26.1. The van der Waals surface area contributed by atoms with Crippen molar-refractivity contribution < 1.29 is 18.4 Å². The summed E-state index contributed by atoms with van der Waals surface area (Å²) >= 11 is 0. The van der Waals surface area contributed by atoms with Crippen LogP contribution in [0.1, 0.15) is 28.4 Å². The molecule has 2 amide bonds. The van der Waals surface area contributed by atoms with Gasteiger partial charge in [0, 0.05) is 31.3 Å². The SMILES string of the molecule is CC(=O)N(CCNC(=O)c1ccc(F)c(F)c1)c1c(C)cccc1C. The summed E-state index contributed by atoms with van der Waals surface area (Å²) in [6.07, 6.45) is 0. The van der Waals surface area contributed by atoms with Gasteiger partial charge in [0.2, 0.25) is 5.91 Å². The van der Waals surface area contributed by atoms with Crippen LogP contribution in [-0.4, -0.2) is 24.9 Å².